The van der Waals surface area contributed by atoms with Crippen LogP contribution in [0.1, 0.15) is 20.8 Å². The van der Waals surface area contributed by atoms with E-state index < -0.39 is 8.80 Å². The van der Waals surface area contributed by atoms with Gasteiger partial charge in [-0.1, -0.05) is 90.4 Å². The molecule has 0 heterocycles. The fraction of sp³-hybridized carbons (Fsp3) is 0.200. The third-order valence-corrected chi connectivity index (χ3v) is 8.18. The third kappa shape index (κ3) is 5.85. The minimum absolute atomic E-state index is 0. The van der Waals surface area contributed by atoms with E-state index in [4.69, 9.17) is 0 Å². The van der Waals surface area contributed by atoms with Crippen molar-refractivity contribution in [3.8, 4) is 0 Å². The van der Waals surface area contributed by atoms with E-state index in [0.717, 1.165) is 0 Å². The van der Waals surface area contributed by atoms with E-state index >= 15 is 0 Å². The van der Waals surface area contributed by atoms with Gasteiger partial charge >= 0.3 is 21.7 Å². The predicted octanol–water partition coefficient (Wildman–Crippen LogP) is -5.49. The van der Waals surface area contributed by atoms with Crippen molar-refractivity contribution in [2.75, 3.05) is 0 Å². The molecule has 1 atom stereocenters. The molecule has 0 amide bonds. The van der Waals surface area contributed by atoms with Gasteiger partial charge in [-0.05, 0) is 0 Å². The monoisotopic (exact) mass is 442 g/mol. The molecular formula is C20H21Cl3SiTi. The van der Waals surface area contributed by atoms with E-state index in [-0.39, 0.29) is 58.9 Å². The van der Waals surface area contributed by atoms with Crippen molar-refractivity contribution in [1.29, 1.82) is 0 Å². The standard InChI is InChI=1S/C20H21Si.3ClH.Ti/c1-15-14-20(17(3)16(15)2)21(18-10-6-4-7-11-18)19-12-8-5-9-13-19;;;;/h4-13,20-21H,1-3H3;3*1H;/q-1;;;;+4/p-3. The van der Waals surface area contributed by atoms with Crippen molar-refractivity contribution in [3.63, 3.8) is 0 Å². The maximum atomic E-state index is 3.75. The van der Waals surface area contributed by atoms with Crippen LogP contribution in [0.2, 0.25) is 5.54 Å². The summed E-state index contributed by atoms with van der Waals surface area (Å²) in [4.78, 5) is 0. The summed E-state index contributed by atoms with van der Waals surface area (Å²) in [6.07, 6.45) is 3.75. The topological polar surface area (TPSA) is 0 Å². The second-order valence-corrected chi connectivity index (χ2v) is 8.81. The van der Waals surface area contributed by atoms with Crippen LogP contribution in [-0.4, -0.2) is 8.80 Å². The average Bonchev–Trinajstić information content (AvgIpc) is 2.78. The number of benzene rings is 2. The molecule has 1 aliphatic rings. The summed E-state index contributed by atoms with van der Waals surface area (Å²) in [5.41, 5.74) is 4.76. The van der Waals surface area contributed by atoms with Gasteiger partial charge in [-0.3, -0.25) is 6.08 Å². The Kier molecular flexibility index (Phi) is 13.1. The molecular weight excluding hydrogens is 423 g/mol. The molecule has 0 saturated heterocycles. The van der Waals surface area contributed by atoms with E-state index in [2.05, 4.69) is 87.5 Å². The van der Waals surface area contributed by atoms with Crippen molar-refractivity contribution >= 4 is 19.2 Å². The maximum Gasteiger partial charge on any atom is 4.00 e. The van der Waals surface area contributed by atoms with Gasteiger partial charge in [0.05, 0.1) is 8.80 Å². The number of allylic oxidation sites excluding steroid dienone is 4. The Labute approximate surface area is 186 Å². The van der Waals surface area contributed by atoms with Crippen molar-refractivity contribution in [3.05, 3.63) is 83.5 Å². The number of halogens is 3. The molecule has 130 valence electrons. The molecule has 2 aromatic rings. The molecule has 1 aliphatic carbocycles. The summed E-state index contributed by atoms with van der Waals surface area (Å²) in [7, 11) is -1.33. The smallest absolute Gasteiger partial charge is 1.00 e. The van der Waals surface area contributed by atoms with Gasteiger partial charge in [0.15, 0.2) is 0 Å². The van der Waals surface area contributed by atoms with E-state index in [9.17, 15) is 0 Å². The van der Waals surface area contributed by atoms with Crippen LogP contribution in [0.4, 0.5) is 0 Å². The first-order valence-corrected chi connectivity index (χ1v) is 9.38. The molecule has 2 aromatic carbocycles. The molecule has 0 radical (unpaired) electrons. The van der Waals surface area contributed by atoms with Crippen LogP contribution >= 0.6 is 0 Å². The number of rotatable bonds is 3. The second-order valence-electron chi connectivity index (χ2n) is 5.85. The Hall–Kier alpha value is -0.279. The van der Waals surface area contributed by atoms with Gasteiger partial charge in [0.25, 0.3) is 0 Å². The molecule has 0 bridgehead atoms. The molecule has 0 saturated carbocycles. The minimum atomic E-state index is -1.33. The van der Waals surface area contributed by atoms with Gasteiger partial charge in [-0.15, -0.1) is 6.92 Å². The Balaban J connectivity index is 0. The average molecular weight is 444 g/mol. The van der Waals surface area contributed by atoms with Crippen LogP contribution in [0, 0.1) is 6.08 Å². The van der Waals surface area contributed by atoms with Gasteiger partial charge in [0, 0.05) is 0 Å². The van der Waals surface area contributed by atoms with Crippen LogP contribution in [0.15, 0.2) is 77.4 Å². The summed E-state index contributed by atoms with van der Waals surface area (Å²) < 4.78 is 0. The van der Waals surface area contributed by atoms with Crippen molar-refractivity contribution in [2.45, 2.75) is 26.3 Å². The number of hydrogen-bond acceptors (Lipinski definition) is 0. The third-order valence-electron chi connectivity index (χ3n) is 4.64. The van der Waals surface area contributed by atoms with Crippen LogP contribution in [0.5, 0.6) is 0 Å². The molecule has 25 heavy (non-hydrogen) atoms. The molecule has 0 N–H and O–H groups in total. The quantitative estimate of drug-likeness (QED) is 0.328. The van der Waals surface area contributed by atoms with Gasteiger partial charge in [0.1, 0.15) is 0 Å². The first-order valence-electron chi connectivity index (χ1n) is 7.56. The molecule has 0 spiro atoms. The summed E-state index contributed by atoms with van der Waals surface area (Å²) in [6, 6.07) is 22.0. The first kappa shape index (κ1) is 26.9. The van der Waals surface area contributed by atoms with Gasteiger partial charge in [0.2, 0.25) is 0 Å². The van der Waals surface area contributed by atoms with Crippen molar-refractivity contribution < 1.29 is 58.9 Å². The molecule has 0 fully saturated rings. The van der Waals surface area contributed by atoms with Crippen LogP contribution in [-0.2, 0) is 21.7 Å². The second kappa shape index (κ2) is 12.2. The molecule has 0 nitrogen and oxygen atoms in total. The fourth-order valence-corrected chi connectivity index (χ4v) is 6.81. The number of hydrogen-bond donors (Lipinski definition) is 0. The Morgan fingerprint density at radius 3 is 1.44 bits per heavy atom. The van der Waals surface area contributed by atoms with Crippen molar-refractivity contribution in [2.24, 2.45) is 0 Å². The summed E-state index contributed by atoms with van der Waals surface area (Å²) >= 11 is 0. The summed E-state index contributed by atoms with van der Waals surface area (Å²) in [5.74, 6) is 0. The normalized spacial score (nSPS) is 15.4. The Bertz CT molecular complexity index is 660. The van der Waals surface area contributed by atoms with Gasteiger partial charge < -0.3 is 37.2 Å². The predicted molar refractivity (Wildman–Crippen MR) is 93.9 cm³/mol. The largest absolute Gasteiger partial charge is 4.00 e. The summed E-state index contributed by atoms with van der Waals surface area (Å²) in [6.45, 7) is 6.72. The minimum Gasteiger partial charge on any atom is -1.00 e. The molecule has 0 aliphatic heterocycles. The maximum absolute atomic E-state index is 3.75. The van der Waals surface area contributed by atoms with Crippen LogP contribution in [0.25, 0.3) is 0 Å². The molecule has 3 rings (SSSR count). The van der Waals surface area contributed by atoms with Crippen LogP contribution < -0.4 is 47.6 Å². The summed E-state index contributed by atoms with van der Waals surface area (Å²) in [5, 5.41) is 3.01. The molecule has 1 unspecified atom stereocenters. The SMILES string of the molecule is CC1=[C-]C([SiH](c2ccccc2)c2ccccc2)C(C)=C1C.[Cl-].[Cl-].[Cl-].[Ti+4]. The van der Waals surface area contributed by atoms with E-state index in [1.54, 1.807) is 0 Å². The van der Waals surface area contributed by atoms with Crippen LogP contribution in [0.3, 0.4) is 0 Å². The van der Waals surface area contributed by atoms with Gasteiger partial charge in [-0.25, -0.2) is 5.57 Å². The molecule has 0 aromatic heterocycles. The van der Waals surface area contributed by atoms with Crippen molar-refractivity contribution in [1.82, 2.24) is 0 Å². The van der Waals surface area contributed by atoms with Gasteiger partial charge in [-0.2, -0.15) is 11.1 Å². The zero-order valence-electron chi connectivity index (χ0n) is 14.6. The first-order chi connectivity index (χ1) is 10.2. The van der Waals surface area contributed by atoms with E-state index in [1.165, 1.54) is 27.1 Å². The Morgan fingerprint density at radius 2 is 1.12 bits per heavy atom. The van der Waals surface area contributed by atoms with E-state index in [0.29, 0.717) is 5.54 Å². The zero-order valence-corrected chi connectivity index (χ0v) is 19.5. The Morgan fingerprint density at radius 1 is 0.720 bits per heavy atom. The zero-order chi connectivity index (χ0) is 14.8. The fourth-order valence-electron chi connectivity index (χ4n) is 3.21. The van der Waals surface area contributed by atoms with E-state index in [1.807, 2.05) is 0 Å². The molecule has 5 heteroatoms.